The molecule has 0 aliphatic carbocycles. The Morgan fingerprint density at radius 3 is 2.60 bits per heavy atom. The van der Waals surface area contributed by atoms with E-state index in [4.69, 9.17) is 5.11 Å². The molecule has 7 heteroatoms. The molecule has 108 valence electrons. The maximum atomic E-state index is 11.8. The molecule has 1 aromatic rings. The first-order valence-electron chi connectivity index (χ1n) is 6.56. The van der Waals surface area contributed by atoms with Crippen LogP contribution in [0, 0.1) is 0 Å². The Morgan fingerprint density at radius 2 is 2.00 bits per heavy atom. The minimum atomic E-state index is -0.662. The lowest BCUT2D eigenvalue weighted by Crippen LogP contribution is -2.53. The standard InChI is InChI=1S/C13H18N4O3/c18-10-5-15-12(19)13(20)17-8-6-16(7-9-17)11-3-1-2-4-14-11/h1-4,18H,5-10H2,(H,15,19). The van der Waals surface area contributed by atoms with Gasteiger partial charge in [0.25, 0.3) is 0 Å². The van der Waals surface area contributed by atoms with Crippen molar-refractivity contribution in [3.05, 3.63) is 24.4 Å². The summed E-state index contributed by atoms with van der Waals surface area (Å²) >= 11 is 0. The number of amides is 2. The van der Waals surface area contributed by atoms with Gasteiger partial charge in [-0.05, 0) is 12.1 Å². The molecule has 1 aliphatic rings. The third-order valence-electron chi connectivity index (χ3n) is 3.13. The minimum absolute atomic E-state index is 0.0957. The Hall–Kier alpha value is -2.15. The Morgan fingerprint density at radius 1 is 1.25 bits per heavy atom. The third-order valence-corrected chi connectivity index (χ3v) is 3.13. The smallest absolute Gasteiger partial charge is 0.312 e. The summed E-state index contributed by atoms with van der Waals surface area (Å²) < 4.78 is 0. The second kappa shape index (κ2) is 6.85. The molecule has 0 spiro atoms. The molecule has 0 aromatic carbocycles. The van der Waals surface area contributed by atoms with Crippen molar-refractivity contribution >= 4 is 17.6 Å². The number of aromatic nitrogens is 1. The van der Waals surface area contributed by atoms with Gasteiger partial charge in [-0.1, -0.05) is 6.07 Å². The average Bonchev–Trinajstić information content (AvgIpc) is 2.53. The second-order valence-corrected chi connectivity index (χ2v) is 4.45. The average molecular weight is 278 g/mol. The van der Waals surface area contributed by atoms with Crippen molar-refractivity contribution in [2.45, 2.75) is 0 Å². The number of hydrogen-bond acceptors (Lipinski definition) is 5. The lowest BCUT2D eigenvalue weighted by Gasteiger charge is -2.34. The summed E-state index contributed by atoms with van der Waals surface area (Å²) in [6.45, 7) is 2.20. The van der Waals surface area contributed by atoms with Gasteiger partial charge in [0, 0.05) is 38.9 Å². The number of nitrogens with one attached hydrogen (secondary N) is 1. The van der Waals surface area contributed by atoms with Crippen molar-refractivity contribution in [3.8, 4) is 0 Å². The number of pyridine rings is 1. The number of carbonyl (C=O) groups is 2. The lowest BCUT2D eigenvalue weighted by molar-refractivity contribution is -0.146. The van der Waals surface area contributed by atoms with Crippen LogP contribution in [0.1, 0.15) is 0 Å². The van der Waals surface area contributed by atoms with Gasteiger partial charge in [-0.2, -0.15) is 0 Å². The van der Waals surface area contributed by atoms with Crippen molar-refractivity contribution < 1.29 is 14.7 Å². The van der Waals surface area contributed by atoms with Crippen LogP contribution in [0.5, 0.6) is 0 Å². The van der Waals surface area contributed by atoms with Crippen LogP contribution < -0.4 is 10.2 Å². The van der Waals surface area contributed by atoms with E-state index in [1.165, 1.54) is 4.90 Å². The maximum Gasteiger partial charge on any atom is 0.312 e. The number of rotatable bonds is 3. The van der Waals surface area contributed by atoms with Crippen LogP contribution in [-0.4, -0.2) is 66.1 Å². The summed E-state index contributed by atoms with van der Waals surface area (Å²) in [5.74, 6) is -0.325. The molecule has 1 saturated heterocycles. The van der Waals surface area contributed by atoms with E-state index in [1.54, 1.807) is 6.20 Å². The summed E-state index contributed by atoms with van der Waals surface area (Å²) in [6, 6.07) is 5.70. The van der Waals surface area contributed by atoms with Gasteiger partial charge in [0.05, 0.1) is 6.61 Å². The van der Waals surface area contributed by atoms with Gasteiger partial charge in [-0.3, -0.25) is 9.59 Å². The van der Waals surface area contributed by atoms with Crippen LogP contribution in [0.25, 0.3) is 0 Å². The number of aliphatic hydroxyl groups excluding tert-OH is 1. The van der Waals surface area contributed by atoms with Crippen LogP contribution in [0.15, 0.2) is 24.4 Å². The fraction of sp³-hybridized carbons (Fsp3) is 0.462. The van der Waals surface area contributed by atoms with E-state index in [9.17, 15) is 9.59 Å². The SMILES string of the molecule is O=C(NCCO)C(=O)N1CCN(c2ccccn2)CC1. The highest BCUT2D eigenvalue weighted by molar-refractivity contribution is 6.35. The van der Waals surface area contributed by atoms with E-state index in [-0.39, 0.29) is 13.2 Å². The molecule has 0 bridgehead atoms. The molecule has 20 heavy (non-hydrogen) atoms. The summed E-state index contributed by atoms with van der Waals surface area (Å²) in [6.07, 6.45) is 1.73. The molecule has 1 aliphatic heterocycles. The van der Waals surface area contributed by atoms with E-state index >= 15 is 0 Å². The highest BCUT2D eigenvalue weighted by atomic mass is 16.3. The van der Waals surface area contributed by atoms with Crippen LogP contribution >= 0.6 is 0 Å². The first kappa shape index (κ1) is 14.3. The van der Waals surface area contributed by atoms with Gasteiger partial charge in [-0.25, -0.2) is 4.98 Å². The second-order valence-electron chi connectivity index (χ2n) is 4.45. The van der Waals surface area contributed by atoms with Gasteiger partial charge < -0.3 is 20.2 Å². The van der Waals surface area contributed by atoms with Crippen molar-refractivity contribution in [3.63, 3.8) is 0 Å². The third kappa shape index (κ3) is 3.45. The normalized spacial score (nSPS) is 15.1. The summed E-state index contributed by atoms with van der Waals surface area (Å²) in [5, 5.41) is 11.0. The fourth-order valence-corrected chi connectivity index (χ4v) is 2.07. The van der Waals surface area contributed by atoms with Gasteiger partial charge in [0.1, 0.15) is 5.82 Å². The molecule has 0 radical (unpaired) electrons. The topological polar surface area (TPSA) is 85.8 Å². The first-order valence-corrected chi connectivity index (χ1v) is 6.56. The summed E-state index contributed by atoms with van der Waals surface area (Å²) in [5.41, 5.74) is 0. The molecule has 1 fully saturated rings. The van der Waals surface area contributed by atoms with Crippen LogP contribution in [-0.2, 0) is 9.59 Å². The molecule has 7 nitrogen and oxygen atoms in total. The Kier molecular flexibility index (Phi) is 4.89. The molecular weight excluding hydrogens is 260 g/mol. The van der Waals surface area contributed by atoms with E-state index in [0.29, 0.717) is 26.2 Å². The minimum Gasteiger partial charge on any atom is -0.395 e. The van der Waals surface area contributed by atoms with E-state index in [0.717, 1.165) is 5.82 Å². The van der Waals surface area contributed by atoms with Crippen molar-refractivity contribution in [1.82, 2.24) is 15.2 Å². The van der Waals surface area contributed by atoms with Crippen LogP contribution in [0.2, 0.25) is 0 Å². The number of carbonyl (C=O) groups excluding carboxylic acids is 2. The van der Waals surface area contributed by atoms with Gasteiger partial charge in [0.2, 0.25) is 0 Å². The molecule has 2 amide bonds. The highest BCUT2D eigenvalue weighted by Crippen LogP contribution is 2.12. The number of piperazine rings is 1. The Bertz CT molecular complexity index is 458. The number of anilines is 1. The molecule has 1 aromatic heterocycles. The number of nitrogens with zero attached hydrogens (tertiary/aromatic N) is 3. The fourth-order valence-electron chi connectivity index (χ4n) is 2.07. The van der Waals surface area contributed by atoms with Gasteiger partial charge in [-0.15, -0.1) is 0 Å². The number of hydrogen-bond donors (Lipinski definition) is 2. The van der Waals surface area contributed by atoms with Crippen LogP contribution in [0.3, 0.4) is 0 Å². The van der Waals surface area contributed by atoms with Crippen molar-refractivity contribution in [2.75, 3.05) is 44.2 Å². The predicted octanol–water partition coefficient (Wildman–Crippen LogP) is -1.16. The Balaban J connectivity index is 1.85. The molecule has 0 atom stereocenters. The molecule has 2 heterocycles. The highest BCUT2D eigenvalue weighted by Gasteiger charge is 2.25. The van der Waals surface area contributed by atoms with Crippen LogP contribution in [0.4, 0.5) is 5.82 Å². The van der Waals surface area contributed by atoms with Gasteiger partial charge in [0.15, 0.2) is 0 Å². The zero-order valence-electron chi connectivity index (χ0n) is 11.2. The quantitative estimate of drug-likeness (QED) is 0.681. The maximum absolute atomic E-state index is 11.8. The van der Waals surface area contributed by atoms with E-state index in [2.05, 4.69) is 15.2 Å². The largest absolute Gasteiger partial charge is 0.395 e. The lowest BCUT2D eigenvalue weighted by atomic mass is 10.3. The molecule has 2 rings (SSSR count). The zero-order valence-corrected chi connectivity index (χ0v) is 11.2. The molecule has 0 unspecified atom stereocenters. The monoisotopic (exact) mass is 278 g/mol. The zero-order chi connectivity index (χ0) is 14.4. The van der Waals surface area contributed by atoms with Crippen molar-refractivity contribution in [1.29, 1.82) is 0 Å². The first-order chi connectivity index (χ1) is 9.72. The predicted molar refractivity (Wildman–Crippen MR) is 73.1 cm³/mol. The van der Waals surface area contributed by atoms with Crippen molar-refractivity contribution in [2.24, 2.45) is 0 Å². The molecule has 0 saturated carbocycles. The summed E-state index contributed by atoms with van der Waals surface area (Å²) in [7, 11) is 0. The molecular formula is C13H18N4O3. The number of aliphatic hydroxyl groups is 1. The van der Waals surface area contributed by atoms with Gasteiger partial charge >= 0.3 is 11.8 Å². The van der Waals surface area contributed by atoms with E-state index < -0.39 is 11.8 Å². The summed E-state index contributed by atoms with van der Waals surface area (Å²) in [4.78, 5) is 31.2. The molecule has 2 N–H and O–H groups in total. The van der Waals surface area contributed by atoms with E-state index in [1.807, 2.05) is 18.2 Å². The Labute approximate surface area is 117 Å².